The summed E-state index contributed by atoms with van der Waals surface area (Å²) in [6, 6.07) is 0. The second kappa shape index (κ2) is 5.02. The molecule has 3 aromatic heterocycles. The van der Waals surface area contributed by atoms with Gasteiger partial charge in [0.1, 0.15) is 5.69 Å². The zero-order valence-corrected chi connectivity index (χ0v) is 11.6. The molecule has 0 atom stereocenters. The second-order valence-electron chi connectivity index (χ2n) is 4.15. The highest BCUT2D eigenvalue weighted by Gasteiger charge is 2.15. The minimum Gasteiger partial charge on any atom is -0.434 e. The lowest BCUT2D eigenvalue weighted by molar-refractivity contribution is 0.455. The average Bonchev–Trinajstić information content (AvgIpc) is 3.05. The molecule has 6 nitrogen and oxygen atoms in total. The van der Waals surface area contributed by atoms with Gasteiger partial charge in [-0.25, -0.2) is 0 Å². The van der Waals surface area contributed by atoms with Crippen molar-refractivity contribution in [1.29, 1.82) is 0 Å². The van der Waals surface area contributed by atoms with Gasteiger partial charge >= 0.3 is 0 Å². The van der Waals surface area contributed by atoms with Crippen LogP contribution >= 0.6 is 11.3 Å². The van der Waals surface area contributed by atoms with Crippen LogP contribution in [0.3, 0.4) is 0 Å². The van der Waals surface area contributed by atoms with E-state index in [4.69, 9.17) is 4.74 Å². The van der Waals surface area contributed by atoms with E-state index in [1.807, 2.05) is 24.8 Å². The molecule has 3 aromatic rings. The van der Waals surface area contributed by atoms with E-state index in [1.54, 1.807) is 22.2 Å². The third-order valence-corrected chi connectivity index (χ3v) is 3.52. The van der Waals surface area contributed by atoms with Crippen molar-refractivity contribution in [3.8, 4) is 11.6 Å². The van der Waals surface area contributed by atoms with E-state index in [2.05, 4.69) is 26.7 Å². The van der Waals surface area contributed by atoms with Crippen molar-refractivity contribution in [1.82, 2.24) is 24.5 Å². The third kappa shape index (κ3) is 2.34. The summed E-state index contributed by atoms with van der Waals surface area (Å²) in [5.74, 6) is 1.34. The standard InChI is InChI=1S/C12H15N5OS/c1-3-13-7-10-11(15-12-17(10)4-5-19-12)18-9-6-14-16(2)8-9/h4-6,8,13H,3,7H2,1-2H3. The molecule has 3 heterocycles. The Labute approximate surface area is 114 Å². The Hall–Kier alpha value is -1.86. The summed E-state index contributed by atoms with van der Waals surface area (Å²) in [6.45, 7) is 3.71. The molecule has 0 saturated heterocycles. The number of hydrogen-bond acceptors (Lipinski definition) is 5. The minimum absolute atomic E-state index is 0.640. The molecule has 19 heavy (non-hydrogen) atoms. The van der Waals surface area contributed by atoms with Gasteiger partial charge in [-0.3, -0.25) is 9.08 Å². The number of aromatic nitrogens is 4. The lowest BCUT2D eigenvalue weighted by atomic mass is 10.4. The number of thiazole rings is 1. The van der Waals surface area contributed by atoms with E-state index in [9.17, 15) is 0 Å². The zero-order valence-electron chi connectivity index (χ0n) is 10.8. The zero-order chi connectivity index (χ0) is 13.2. The molecule has 0 spiro atoms. The van der Waals surface area contributed by atoms with Crippen molar-refractivity contribution in [3.05, 3.63) is 29.7 Å². The molecule has 1 N–H and O–H groups in total. The number of nitrogens with zero attached hydrogens (tertiary/aromatic N) is 4. The van der Waals surface area contributed by atoms with Gasteiger partial charge in [0.25, 0.3) is 0 Å². The number of rotatable bonds is 5. The van der Waals surface area contributed by atoms with Crippen molar-refractivity contribution in [3.63, 3.8) is 0 Å². The Bertz CT molecular complexity index is 683. The van der Waals surface area contributed by atoms with E-state index in [0.29, 0.717) is 11.6 Å². The number of ether oxygens (including phenoxy) is 1. The van der Waals surface area contributed by atoms with E-state index in [0.717, 1.165) is 23.7 Å². The predicted octanol–water partition coefficient (Wildman–Crippen LogP) is 2.03. The van der Waals surface area contributed by atoms with Gasteiger partial charge in [-0.2, -0.15) is 10.1 Å². The molecule has 0 aliphatic rings. The number of imidazole rings is 1. The van der Waals surface area contributed by atoms with Crippen LogP contribution in [0.5, 0.6) is 11.6 Å². The maximum Gasteiger partial charge on any atom is 0.243 e. The van der Waals surface area contributed by atoms with Crippen molar-refractivity contribution in [2.75, 3.05) is 6.54 Å². The Morgan fingerprint density at radius 1 is 1.47 bits per heavy atom. The van der Waals surface area contributed by atoms with Gasteiger partial charge in [-0.1, -0.05) is 6.92 Å². The smallest absolute Gasteiger partial charge is 0.243 e. The lowest BCUT2D eigenvalue weighted by Gasteiger charge is -2.04. The molecule has 0 bridgehead atoms. The van der Waals surface area contributed by atoms with Gasteiger partial charge in [0.05, 0.1) is 12.4 Å². The molecular weight excluding hydrogens is 262 g/mol. The average molecular weight is 277 g/mol. The van der Waals surface area contributed by atoms with Gasteiger partial charge in [0, 0.05) is 25.2 Å². The molecular formula is C12H15N5OS. The topological polar surface area (TPSA) is 56.4 Å². The fraction of sp³-hybridized carbons (Fsp3) is 0.333. The van der Waals surface area contributed by atoms with Crippen LogP contribution in [0.4, 0.5) is 0 Å². The molecule has 0 radical (unpaired) electrons. The number of fused-ring (bicyclic) bond motifs is 1. The molecule has 0 aliphatic heterocycles. The summed E-state index contributed by atoms with van der Waals surface area (Å²) in [5.41, 5.74) is 1.03. The van der Waals surface area contributed by atoms with Gasteiger partial charge in [0.15, 0.2) is 10.7 Å². The van der Waals surface area contributed by atoms with Crippen LogP contribution in [0.2, 0.25) is 0 Å². The lowest BCUT2D eigenvalue weighted by Crippen LogP contribution is -2.13. The first-order chi connectivity index (χ1) is 9.28. The van der Waals surface area contributed by atoms with E-state index in [1.165, 1.54) is 0 Å². The molecule has 7 heteroatoms. The molecule has 0 aromatic carbocycles. The summed E-state index contributed by atoms with van der Waals surface area (Å²) in [4.78, 5) is 5.45. The van der Waals surface area contributed by atoms with Crippen LogP contribution in [0.25, 0.3) is 4.96 Å². The third-order valence-electron chi connectivity index (χ3n) is 2.76. The first-order valence-corrected chi connectivity index (χ1v) is 6.97. The van der Waals surface area contributed by atoms with Gasteiger partial charge in [-0.15, -0.1) is 11.3 Å². The Morgan fingerprint density at radius 2 is 2.37 bits per heavy atom. The van der Waals surface area contributed by atoms with Gasteiger partial charge in [-0.05, 0) is 6.54 Å². The molecule has 0 saturated carbocycles. The first-order valence-electron chi connectivity index (χ1n) is 6.09. The summed E-state index contributed by atoms with van der Waals surface area (Å²) in [6.07, 6.45) is 5.52. The maximum absolute atomic E-state index is 5.82. The quantitative estimate of drug-likeness (QED) is 0.775. The molecule has 0 amide bonds. The summed E-state index contributed by atoms with van der Waals surface area (Å²) < 4.78 is 9.58. The highest BCUT2D eigenvalue weighted by Crippen LogP contribution is 2.27. The summed E-state index contributed by atoms with van der Waals surface area (Å²) in [7, 11) is 1.86. The SMILES string of the molecule is CCNCc1c(Oc2cnn(C)c2)nc2sccn12. The monoisotopic (exact) mass is 277 g/mol. The maximum atomic E-state index is 5.82. The van der Waals surface area contributed by atoms with E-state index >= 15 is 0 Å². The Kier molecular flexibility index (Phi) is 3.22. The van der Waals surface area contributed by atoms with Crippen LogP contribution in [0.15, 0.2) is 24.0 Å². The molecule has 0 fully saturated rings. The largest absolute Gasteiger partial charge is 0.434 e. The number of aryl methyl sites for hydroxylation is 1. The minimum atomic E-state index is 0.640. The van der Waals surface area contributed by atoms with Crippen molar-refractivity contribution in [2.24, 2.45) is 7.05 Å². The van der Waals surface area contributed by atoms with Crippen LogP contribution in [0, 0.1) is 0 Å². The fourth-order valence-electron chi connectivity index (χ4n) is 1.86. The van der Waals surface area contributed by atoms with Crippen LogP contribution in [-0.2, 0) is 13.6 Å². The van der Waals surface area contributed by atoms with Crippen molar-refractivity contribution < 1.29 is 4.74 Å². The first kappa shape index (κ1) is 12.2. The second-order valence-corrected chi connectivity index (χ2v) is 5.02. The van der Waals surface area contributed by atoms with Crippen molar-refractivity contribution >= 4 is 16.3 Å². The normalized spacial score (nSPS) is 11.3. The molecule has 3 rings (SSSR count). The van der Waals surface area contributed by atoms with Gasteiger partial charge < -0.3 is 10.1 Å². The fourth-order valence-corrected chi connectivity index (χ4v) is 2.59. The highest BCUT2D eigenvalue weighted by molar-refractivity contribution is 7.15. The highest BCUT2D eigenvalue weighted by atomic mass is 32.1. The number of hydrogen-bond donors (Lipinski definition) is 1. The van der Waals surface area contributed by atoms with Crippen molar-refractivity contribution in [2.45, 2.75) is 13.5 Å². The molecule has 0 aliphatic carbocycles. The van der Waals surface area contributed by atoms with E-state index < -0.39 is 0 Å². The molecule has 0 unspecified atom stereocenters. The van der Waals surface area contributed by atoms with Crippen LogP contribution in [-0.4, -0.2) is 25.7 Å². The van der Waals surface area contributed by atoms with Gasteiger partial charge in [0.2, 0.25) is 5.88 Å². The van der Waals surface area contributed by atoms with Crippen LogP contribution in [0.1, 0.15) is 12.6 Å². The van der Waals surface area contributed by atoms with Crippen LogP contribution < -0.4 is 10.1 Å². The Balaban J connectivity index is 1.94. The number of nitrogens with one attached hydrogen (secondary N) is 1. The van der Waals surface area contributed by atoms with E-state index in [-0.39, 0.29) is 0 Å². The molecule has 100 valence electrons. The predicted molar refractivity (Wildman–Crippen MR) is 73.7 cm³/mol. The summed E-state index contributed by atoms with van der Waals surface area (Å²) >= 11 is 1.59. The Morgan fingerprint density at radius 3 is 3.11 bits per heavy atom. The summed E-state index contributed by atoms with van der Waals surface area (Å²) in [5, 5.41) is 9.42.